The molecule has 0 spiro atoms. The van der Waals surface area contributed by atoms with Gasteiger partial charge in [0.05, 0.1) is 11.1 Å². The van der Waals surface area contributed by atoms with Gasteiger partial charge in [-0.15, -0.1) is 20.4 Å². The number of amides is 4. The molecule has 358 valence electrons. The van der Waals surface area contributed by atoms with E-state index >= 15 is 0 Å². The van der Waals surface area contributed by atoms with Crippen molar-refractivity contribution in [3.05, 3.63) is 127 Å². The van der Waals surface area contributed by atoms with Crippen molar-refractivity contribution in [3.8, 4) is 0 Å². The van der Waals surface area contributed by atoms with E-state index in [1.54, 1.807) is 44.4 Å². The lowest BCUT2D eigenvalue weighted by Gasteiger charge is -2.13. The molecule has 4 aliphatic rings. The average Bonchev–Trinajstić information content (AvgIpc) is 3.69. The highest BCUT2D eigenvalue weighted by molar-refractivity contribution is 6.44. The summed E-state index contributed by atoms with van der Waals surface area (Å²) in [5, 5.41) is 27.0. The van der Waals surface area contributed by atoms with Crippen LogP contribution in [0.15, 0.2) is 39.2 Å². The van der Waals surface area contributed by atoms with Gasteiger partial charge in [0.15, 0.2) is 0 Å². The molecule has 2 fully saturated rings. The van der Waals surface area contributed by atoms with Crippen LogP contribution in [0.4, 0.5) is 20.2 Å². The SMILES string of the molecule is Cc1nnc(C2(NC(=O)C(=O)c3c(C)c(C(=O)Nc4cc(F)c(C)c(F)c4)n4c3CCC4)CC2)o1.Cc1nnc(C2(NC(=O)C(=O)c3c(C)c(C(=O)Nc4ccc(C)c(Cl)c4)n4c3CCC4)CC2)o1. The Bertz CT molecular complexity index is 3150. The number of aromatic nitrogens is 6. The van der Waals surface area contributed by atoms with Gasteiger partial charge in [0.1, 0.15) is 34.1 Å². The molecule has 0 saturated heterocycles. The topological polar surface area (TPSA) is 238 Å². The van der Waals surface area contributed by atoms with Crippen molar-refractivity contribution < 1.29 is 46.4 Å². The summed E-state index contributed by atoms with van der Waals surface area (Å²) in [6.45, 7) is 10.9. The molecule has 21 heteroatoms. The van der Waals surface area contributed by atoms with Gasteiger partial charge in [0.25, 0.3) is 35.2 Å². The third-order valence-electron chi connectivity index (χ3n) is 13.2. The Hall–Kier alpha value is -7.35. The van der Waals surface area contributed by atoms with Gasteiger partial charge in [0.2, 0.25) is 23.6 Å². The number of Topliss-reactive ketones (excluding diaryl/α,β-unsaturated/α-hetero) is 2. The number of rotatable bonds is 12. The van der Waals surface area contributed by atoms with Crippen molar-refractivity contribution in [1.29, 1.82) is 0 Å². The first-order valence-electron chi connectivity index (χ1n) is 22.4. The van der Waals surface area contributed by atoms with Crippen molar-refractivity contribution >= 4 is 58.2 Å². The van der Waals surface area contributed by atoms with Crippen LogP contribution < -0.4 is 21.3 Å². The minimum absolute atomic E-state index is 0.0420. The lowest BCUT2D eigenvalue weighted by molar-refractivity contribution is -0.118. The summed E-state index contributed by atoms with van der Waals surface area (Å²) in [6, 6.07) is 7.35. The highest BCUT2D eigenvalue weighted by Crippen LogP contribution is 2.46. The fourth-order valence-corrected chi connectivity index (χ4v) is 9.36. The number of fused-ring (bicyclic) bond motifs is 2. The van der Waals surface area contributed by atoms with E-state index in [1.807, 2.05) is 17.6 Å². The Morgan fingerprint density at radius 2 is 1.04 bits per heavy atom. The zero-order valence-electron chi connectivity index (χ0n) is 38.5. The molecule has 2 aliphatic heterocycles. The number of ketones is 2. The number of benzene rings is 2. The van der Waals surface area contributed by atoms with Gasteiger partial charge in [-0.2, -0.15) is 0 Å². The first-order chi connectivity index (χ1) is 32.8. The molecule has 6 heterocycles. The number of hydrogen-bond acceptors (Lipinski definition) is 12. The van der Waals surface area contributed by atoms with Crippen molar-refractivity contribution in [2.45, 2.75) is 117 Å². The van der Waals surface area contributed by atoms with E-state index in [0.717, 1.165) is 24.1 Å². The van der Waals surface area contributed by atoms with E-state index in [2.05, 4.69) is 41.7 Å². The second kappa shape index (κ2) is 17.6. The molecular weight excluding hydrogens is 918 g/mol. The summed E-state index contributed by atoms with van der Waals surface area (Å²) in [6.07, 6.45) is 4.99. The average molecular weight is 965 g/mol. The summed E-state index contributed by atoms with van der Waals surface area (Å²) in [5.41, 5.74) is 2.78. The predicted molar refractivity (Wildman–Crippen MR) is 243 cm³/mol. The van der Waals surface area contributed by atoms with Gasteiger partial charge in [-0.05, 0) is 120 Å². The van der Waals surface area contributed by atoms with Crippen LogP contribution in [0.2, 0.25) is 5.02 Å². The summed E-state index contributed by atoms with van der Waals surface area (Å²) in [4.78, 5) is 78.9. The molecule has 0 atom stereocenters. The van der Waals surface area contributed by atoms with Crippen LogP contribution in [0, 0.1) is 53.2 Å². The number of nitrogens with zero attached hydrogens (tertiary/aromatic N) is 6. The molecule has 2 aromatic carbocycles. The van der Waals surface area contributed by atoms with Crippen molar-refractivity contribution in [2.24, 2.45) is 0 Å². The molecule has 4 N–H and O–H groups in total. The molecule has 2 aliphatic carbocycles. The predicted octanol–water partition coefficient (Wildman–Crippen LogP) is 6.90. The number of hydrogen-bond donors (Lipinski definition) is 4. The van der Waals surface area contributed by atoms with E-state index in [-0.39, 0.29) is 34.3 Å². The molecular formula is C48H47ClF2N10O8. The second-order valence-electron chi connectivity index (χ2n) is 18.0. The van der Waals surface area contributed by atoms with Crippen molar-refractivity contribution in [1.82, 2.24) is 40.2 Å². The number of carbonyl (C=O) groups is 6. The van der Waals surface area contributed by atoms with E-state index in [1.165, 1.54) is 6.92 Å². The van der Waals surface area contributed by atoms with Gasteiger partial charge >= 0.3 is 0 Å². The first kappa shape index (κ1) is 46.7. The summed E-state index contributed by atoms with van der Waals surface area (Å²) >= 11 is 6.19. The molecule has 69 heavy (non-hydrogen) atoms. The van der Waals surface area contributed by atoms with Gasteiger partial charge in [0, 0.05) is 60.3 Å². The van der Waals surface area contributed by atoms with Crippen molar-refractivity contribution in [3.63, 3.8) is 0 Å². The van der Waals surface area contributed by atoms with Gasteiger partial charge in [-0.3, -0.25) is 28.8 Å². The Kier molecular flexibility index (Phi) is 11.9. The van der Waals surface area contributed by atoms with Crippen LogP contribution in [0.1, 0.15) is 137 Å². The third kappa shape index (κ3) is 8.61. The lowest BCUT2D eigenvalue weighted by Crippen LogP contribution is -2.40. The largest absolute Gasteiger partial charge is 0.423 e. The number of carbonyl (C=O) groups excluding carboxylic acids is 6. The zero-order chi connectivity index (χ0) is 49.3. The van der Waals surface area contributed by atoms with Crippen LogP contribution in [0.3, 0.4) is 0 Å². The van der Waals surface area contributed by atoms with Crippen LogP contribution in [-0.4, -0.2) is 64.7 Å². The molecule has 0 radical (unpaired) electrons. The van der Waals surface area contributed by atoms with Crippen LogP contribution >= 0.6 is 11.6 Å². The summed E-state index contributed by atoms with van der Waals surface area (Å²) in [7, 11) is 0. The molecule has 4 aromatic heterocycles. The van der Waals surface area contributed by atoms with Gasteiger partial charge < -0.3 is 39.2 Å². The quantitative estimate of drug-likeness (QED) is 0.0724. The first-order valence-corrected chi connectivity index (χ1v) is 22.8. The Morgan fingerprint density at radius 3 is 1.43 bits per heavy atom. The molecule has 18 nitrogen and oxygen atoms in total. The highest BCUT2D eigenvalue weighted by Gasteiger charge is 2.53. The van der Waals surface area contributed by atoms with Gasteiger partial charge in [-0.1, -0.05) is 17.7 Å². The molecule has 6 aromatic rings. The lowest BCUT2D eigenvalue weighted by atomic mass is 10.0. The monoisotopic (exact) mass is 964 g/mol. The number of anilines is 2. The maximum atomic E-state index is 14.0. The molecule has 2 saturated carbocycles. The maximum absolute atomic E-state index is 14.0. The maximum Gasteiger partial charge on any atom is 0.293 e. The molecule has 0 bridgehead atoms. The smallest absolute Gasteiger partial charge is 0.293 e. The Labute approximate surface area is 398 Å². The van der Waals surface area contributed by atoms with E-state index < -0.39 is 52.0 Å². The third-order valence-corrected chi connectivity index (χ3v) is 13.6. The highest BCUT2D eigenvalue weighted by atomic mass is 35.5. The van der Waals surface area contributed by atoms with Crippen LogP contribution in [-0.2, 0) is 46.6 Å². The second-order valence-corrected chi connectivity index (χ2v) is 18.4. The molecule has 0 unspecified atom stereocenters. The molecule has 10 rings (SSSR count). The van der Waals surface area contributed by atoms with E-state index in [4.69, 9.17) is 20.4 Å². The Balaban J connectivity index is 0.000000172. The fourth-order valence-electron chi connectivity index (χ4n) is 9.18. The normalized spacial score (nSPS) is 15.6. The van der Waals surface area contributed by atoms with Crippen LogP contribution in [0.5, 0.6) is 0 Å². The van der Waals surface area contributed by atoms with E-state index in [9.17, 15) is 37.5 Å². The summed E-state index contributed by atoms with van der Waals surface area (Å²) < 4.78 is 42.4. The summed E-state index contributed by atoms with van der Waals surface area (Å²) in [5.74, 6) is -4.20. The molecule has 4 amide bonds. The standard InChI is InChI=1S/C24H24ClN5O4.C24H23F2N5O4/c1-12-6-7-15(11-16(12)25)26-21(32)19-13(2)18(17-5-4-10-30(17)19)20(31)22(33)27-24(8-9-24)23-29-28-14(3)34-23;1-11-15(25)9-14(10-16(11)26)27-21(33)19-12(2)18(17-5-4-8-31(17)19)20(32)22(34)28-24(6-7-24)23-30-29-13(3)35-23/h6-7,11H,4-5,8-10H2,1-3H3,(H,26,32)(H,27,33);9-10H,4-8H2,1-3H3,(H,27,33)(H,28,34). The van der Waals surface area contributed by atoms with E-state index in [0.29, 0.717) is 120 Å². The van der Waals surface area contributed by atoms with Gasteiger partial charge in [-0.25, -0.2) is 8.78 Å². The zero-order valence-corrected chi connectivity index (χ0v) is 39.3. The minimum atomic E-state index is -0.857. The number of aryl methyl sites for hydroxylation is 3. The Morgan fingerprint density at radius 1 is 0.609 bits per heavy atom. The number of halogens is 3. The van der Waals surface area contributed by atoms with Crippen LogP contribution in [0.25, 0.3) is 0 Å². The fraction of sp³-hybridized carbons (Fsp3) is 0.375. The number of nitrogens with one attached hydrogen (secondary N) is 4. The van der Waals surface area contributed by atoms with Crippen molar-refractivity contribution in [2.75, 3.05) is 10.6 Å². The minimum Gasteiger partial charge on any atom is -0.423 e.